The second kappa shape index (κ2) is 24.3. The Bertz CT molecular complexity index is 2360. The lowest BCUT2D eigenvalue weighted by atomic mass is 9.34. The van der Waals surface area contributed by atoms with E-state index in [1.165, 1.54) is 12.5 Å². The van der Waals surface area contributed by atoms with Crippen LogP contribution in [0.5, 0.6) is 0 Å². The second-order valence-electron chi connectivity index (χ2n) is 27.3. The molecule has 84 heavy (non-hydrogen) atoms. The predicted molar refractivity (Wildman–Crippen MR) is 283 cm³/mol. The molecular formula is C58H92O26. The average Bonchev–Trinajstić information content (AvgIpc) is 2.90. The summed E-state index contributed by atoms with van der Waals surface area (Å²) in [5, 5.41) is 161. The molecule has 10 rings (SSSR count). The number of fused-ring (bicyclic) bond motifs is 7. The summed E-state index contributed by atoms with van der Waals surface area (Å²) in [5.74, 6) is -1.97. The summed E-state index contributed by atoms with van der Waals surface area (Å²) in [6.07, 6.45) is -28.7. The van der Waals surface area contributed by atoms with Gasteiger partial charge in [0, 0.05) is 5.92 Å². The van der Waals surface area contributed by atoms with Crippen LogP contribution in [0.15, 0.2) is 23.8 Å². The van der Waals surface area contributed by atoms with Crippen LogP contribution in [0.1, 0.15) is 106 Å². The van der Waals surface area contributed by atoms with Crippen molar-refractivity contribution in [2.24, 2.45) is 50.7 Å². The van der Waals surface area contributed by atoms with Crippen LogP contribution < -0.4 is 0 Å². The molecule has 5 aliphatic carbocycles. The van der Waals surface area contributed by atoms with Gasteiger partial charge < -0.3 is 124 Å². The molecule has 0 aromatic rings. The van der Waals surface area contributed by atoms with Gasteiger partial charge in [-0.05, 0) is 105 Å². The zero-order chi connectivity index (χ0) is 61.1. The highest BCUT2D eigenvalue weighted by molar-refractivity contribution is 5.79. The Morgan fingerprint density at radius 2 is 1.24 bits per heavy atom. The molecule has 26 heteroatoms. The van der Waals surface area contributed by atoms with E-state index < -0.39 is 190 Å². The van der Waals surface area contributed by atoms with Crippen molar-refractivity contribution in [1.82, 2.24) is 0 Å². The predicted octanol–water partition coefficient (Wildman–Crippen LogP) is -2.81. The van der Waals surface area contributed by atoms with Crippen molar-refractivity contribution in [1.29, 1.82) is 0 Å². The molecule has 0 aromatic heterocycles. The largest absolute Gasteiger partial charge is 0.432 e. The van der Waals surface area contributed by atoms with Crippen LogP contribution in [0.25, 0.3) is 0 Å². The Morgan fingerprint density at radius 3 is 1.90 bits per heavy atom. The van der Waals surface area contributed by atoms with Crippen molar-refractivity contribution < 1.29 is 129 Å². The van der Waals surface area contributed by atoms with Crippen LogP contribution in [-0.4, -0.2) is 257 Å². The first-order chi connectivity index (χ1) is 39.5. The number of rotatable bonds is 13. The van der Waals surface area contributed by atoms with Gasteiger partial charge in [0.2, 0.25) is 6.29 Å². The monoisotopic (exact) mass is 1200 g/mol. The molecule has 32 unspecified atom stereocenters. The van der Waals surface area contributed by atoms with E-state index >= 15 is 0 Å². The Hall–Kier alpha value is -2.01. The molecular weight excluding hydrogens is 1110 g/mol. The maximum atomic E-state index is 14.9. The van der Waals surface area contributed by atoms with E-state index in [9.17, 15) is 81.4 Å². The van der Waals surface area contributed by atoms with E-state index in [0.717, 1.165) is 31.3 Å². The first-order valence-corrected chi connectivity index (χ1v) is 30.0. The summed E-state index contributed by atoms with van der Waals surface area (Å²) in [5.41, 5.74) is -0.220. The maximum absolute atomic E-state index is 14.9. The second-order valence-corrected chi connectivity index (χ2v) is 27.3. The van der Waals surface area contributed by atoms with E-state index in [4.69, 9.17) is 47.4 Å². The number of hydrogen-bond acceptors (Lipinski definition) is 26. The van der Waals surface area contributed by atoms with Gasteiger partial charge in [-0.1, -0.05) is 58.4 Å². The van der Waals surface area contributed by atoms with Gasteiger partial charge >= 0.3 is 5.97 Å². The Morgan fingerprint density at radius 1 is 0.619 bits per heavy atom. The fourth-order valence-electron chi connectivity index (χ4n) is 17.2. The number of aliphatic hydroxyl groups is 15. The first-order valence-electron chi connectivity index (χ1n) is 30.0. The van der Waals surface area contributed by atoms with Gasteiger partial charge in [0.05, 0.1) is 56.1 Å². The molecule has 0 spiro atoms. The number of carbonyl (C=O) groups excluding carboxylic acids is 1. The van der Waals surface area contributed by atoms with Gasteiger partial charge in [-0.15, -0.1) is 0 Å². The molecule has 0 radical (unpaired) electrons. The number of carbonyl (C=O) groups is 1. The fourth-order valence-corrected chi connectivity index (χ4v) is 17.2. The van der Waals surface area contributed by atoms with Crippen LogP contribution in [0.2, 0.25) is 0 Å². The topological polar surface area (TPSA) is 413 Å². The highest BCUT2D eigenvalue weighted by Gasteiger charge is 2.70. The van der Waals surface area contributed by atoms with Gasteiger partial charge in [0.15, 0.2) is 31.5 Å². The zero-order valence-corrected chi connectivity index (χ0v) is 48.5. The van der Waals surface area contributed by atoms with Gasteiger partial charge in [-0.25, -0.2) is 0 Å². The third-order valence-electron chi connectivity index (χ3n) is 22.6. The van der Waals surface area contributed by atoms with Crippen LogP contribution >= 0.6 is 0 Å². The lowest BCUT2D eigenvalue weighted by molar-refractivity contribution is -0.382. The zero-order valence-electron chi connectivity index (χ0n) is 48.5. The molecule has 5 saturated heterocycles. The SMILES string of the molecule is C=C1CCC2(C(=O)OC3OC(O)C(COC4OC(CO)C(O)C(O)C4O)C(O)C3O)CCC3(C)C(=CCC4C5(C)CCC(OC6OCC(O)C(O)C6OC6OC(C)C(O)C(OC7OC(CO)C(O)C(O)C7O)C6O)C(C)(C)C5CCC43C)C2C1. The number of hydrogen-bond donors (Lipinski definition) is 15. The number of esters is 1. The number of aliphatic hydroxyl groups excluding tert-OH is 15. The van der Waals surface area contributed by atoms with Crippen molar-refractivity contribution in [3.05, 3.63) is 23.8 Å². The van der Waals surface area contributed by atoms with Crippen molar-refractivity contribution in [3.8, 4) is 0 Å². The molecule has 4 saturated carbocycles. The lowest BCUT2D eigenvalue weighted by Gasteiger charge is -2.71. The molecule has 0 aromatic carbocycles. The third kappa shape index (κ3) is 10.8. The smallest absolute Gasteiger partial charge is 0.315 e. The molecule has 32 atom stereocenters. The molecule has 5 aliphatic heterocycles. The molecule has 5 heterocycles. The van der Waals surface area contributed by atoms with E-state index in [1.807, 2.05) is 0 Å². The molecule has 26 nitrogen and oxygen atoms in total. The molecule has 9 fully saturated rings. The van der Waals surface area contributed by atoms with Gasteiger partial charge in [0.25, 0.3) is 0 Å². The Balaban J connectivity index is 0.818. The molecule has 480 valence electrons. The highest BCUT2D eigenvalue weighted by atomic mass is 16.8. The minimum absolute atomic E-state index is 0.114. The normalized spacial score (nSPS) is 54.0. The van der Waals surface area contributed by atoms with Crippen molar-refractivity contribution in [3.63, 3.8) is 0 Å². The van der Waals surface area contributed by atoms with Gasteiger partial charge in [0.1, 0.15) is 91.6 Å². The average molecular weight is 1210 g/mol. The summed E-state index contributed by atoms with van der Waals surface area (Å²) in [6.45, 7) is 15.0. The summed E-state index contributed by atoms with van der Waals surface area (Å²) in [7, 11) is 0. The summed E-state index contributed by atoms with van der Waals surface area (Å²) in [6, 6.07) is 0. The quantitative estimate of drug-likeness (QED) is 0.0503. The van der Waals surface area contributed by atoms with Gasteiger partial charge in [-0.3, -0.25) is 4.79 Å². The van der Waals surface area contributed by atoms with Crippen LogP contribution in [0, 0.1) is 50.7 Å². The fraction of sp³-hybridized carbons (Fsp3) is 0.914. The van der Waals surface area contributed by atoms with Crippen LogP contribution in [0.3, 0.4) is 0 Å². The number of ether oxygens (including phenoxy) is 10. The standard InChI is InChI=1S/C58H92O26/c1-23-10-15-58(53(74)84-50-41(69)35(63)25(47(73)83-50)21-75-48-42(70)39(67)37(65)29(19-59)78-48)17-16-56(6)26(27(58)18-23)8-9-32-55(5)13-12-33(54(3,4)31(55)11-14-57(32,56)7)80-52-46(36(64)28(61)22-76-52)82-51-44(72)45(34(62)24(2)77-51)81-49-43(71)40(68)38(66)30(20-60)79-49/h8,24-25,27-52,59-73H,1,9-22H2,2-7H3. The van der Waals surface area contributed by atoms with Crippen LogP contribution in [0.4, 0.5) is 0 Å². The first kappa shape index (κ1) is 65.0. The molecule has 15 N–H and O–H groups in total. The summed E-state index contributed by atoms with van der Waals surface area (Å²) >= 11 is 0. The third-order valence-corrected chi connectivity index (χ3v) is 22.6. The molecule has 0 amide bonds. The van der Waals surface area contributed by atoms with Crippen molar-refractivity contribution in [2.75, 3.05) is 26.4 Å². The Labute approximate surface area is 487 Å². The van der Waals surface area contributed by atoms with E-state index in [0.29, 0.717) is 38.5 Å². The van der Waals surface area contributed by atoms with Gasteiger partial charge in [-0.2, -0.15) is 0 Å². The Kier molecular flexibility index (Phi) is 18.8. The maximum Gasteiger partial charge on any atom is 0.315 e. The summed E-state index contributed by atoms with van der Waals surface area (Å²) in [4.78, 5) is 14.9. The van der Waals surface area contributed by atoms with E-state index in [2.05, 4.69) is 47.3 Å². The minimum Gasteiger partial charge on any atom is -0.432 e. The lowest BCUT2D eigenvalue weighted by Crippen LogP contribution is -2.66. The molecule has 10 aliphatic rings. The van der Waals surface area contributed by atoms with E-state index in [1.54, 1.807) is 0 Å². The van der Waals surface area contributed by atoms with Crippen LogP contribution in [-0.2, 0) is 52.2 Å². The van der Waals surface area contributed by atoms with E-state index in [-0.39, 0.29) is 40.6 Å². The number of allylic oxidation sites excluding steroid dienone is 3. The van der Waals surface area contributed by atoms with Crippen molar-refractivity contribution in [2.45, 2.75) is 253 Å². The highest BCUT2D eigenvalue weighted by Crippen LogP contribution is 2.75. The van der Waals surface area contributed by atoms with Crippen molar-refractivity contribution >= 4 is 5.97 Å². The molecule has 0 bridgehead atoms. The summed E-state index contributed by atoms with van der Waals surface area (Å²) < 4.78 is 59.1. The minimum atomic E-state index is -1.85.